The average molecular weight is 230 g/mol. The van der Waals surface area contributed by atoms with Gasteiger partial charge in [0.05, 0.1) is 18.3 Å². The van der Waals surface area contributed by atoms with Crippen molar-refractivity contribution < 1.29 is 0 Å². The maximum atomic E-state index is 4.66. The maximum Gasteiger partial charge on any atom is 0.0849 e. The van der Waals surface area contributed by atoms with Crippen LogP contribution in [0.1, 0.15) is 43.8 Å². The molecule has 2 aromatic heterocycles. The van der Waals surface area contributed by atoms with E-state index in [1.54, 1.807) is 6.20 Å². The predicted octanol–water partition coefficient (Wildman–Crippen LogP) is 2.63. The monoisotopic (exact) mass is 230 g/mol. The number of rotatable bonds is 3. The molecule has 0 radical (unpaired) electrons. The minimum absolute atomic E-state index is 0.620. The van der Waals surface area contributed by atoms with Gasteiger partial charge in [0.15, 0.2) is 0 Å². The second-order valence-corrected chi connectivity index (χ2v) is 4.78. The van der Waals surface area contributed by atoms with Crippen LogP contribution in [0.5, 0.6) is 0 Å². The van der Waals surface area contributed by atoms with E-state index in [1.165, 1.54) is 32.1 Å². The van der Waals surface area contributed by atoms with Crippen LogP contribution in [0.3, 0.4) is 0 Å². The highest BCUT2D eigenvalue weighted by molar-refractivity contribution is 5.01. The molecule has 0 amide bonds. The zero-order valence-electron chi connectivity index (χ0n) is 10.00. The third kappa shape index (κ3) is 2.40. The Kier molecular flexibility index (Phi) is 2.94. The minimum Gasteiger partial charge on any atom is -0.269 e. The van der Waals surface area contributed by atoms with Gasteiger partial charge in [-0.25, -0.2) is 0 Å². The summed E-state index contributed by atoms with van der Waals surface area (Å²) in [6.45, 7) is 0.771. The first-order valence-electron chi connectivity index (χ1n) is 6.43. The summed E-state index contributed by atoms with van der Waals surface area (Å²) < 4.78 is 4.06. The van der Waals surface area contributed by atoms with Crippen molar-refractivity contribution in [1.29, 1.82) is 0 Å². The molecule has 1 fully saturated rings. The molecule has 0 bridgehead atoms. The van der Waals surface area contributed by atoms with Crippen molar-refractivity contribution in [2.24, 2.45) is 0 Å². The van der Waals surface area contributed by atoms with Crippen molar-refractivity contribution in [2.75, 3.05) is 0 Å². The van der Waals surface area contributed by atoms with Crippen LogP contribution in [0, 0.1) is 0 Å². The second-order valence-electron chi connectivity index (χ2n) is 4.78. The first-order chi connectivity index (χ1) is 8.42. The van der Waals surface area contributed by atoms with E-state index in [1.807, 2.05) is 16.9 Å². The Morgan fingerprint density at radius 3 is 2.82 bits per heavy atom. The second kappa shape index (κ2) is 4.73. The third-order valence-corrected chi connectivity index (χ3v) is 3.50. The molecule has 4 heteroatoms. The van der Waals surface area contributed by atoms with Gasteiger partial charge in [-0.15, -0.1) is 0 Å². The number of aromatic nitrogens is 4. The van der Waals surface area contributed by atoms with E-state index in [0.717, 1.165) is 12.2 Å². The fourth-order valence-electron chi connectivity index (χ4n) is 2.57. The van der Waals surface area contributed by atoms with E-state index >= 15 is 0 Å². The zero-order valence-corrected chi connectivity index (χ0v) is 10.00. The summed E-state index contributed by atoms with van der Waals surface area (Å²) in [5.74, 6) is 0. The van der Waals surface area contributed by atoms with E-state index in [-0.39, 0.29) is 0 Å². The zero-order chi connectivity index (χ0) is 11.5. The Bertz CT molecular complexity index is 451. The van der Waals surface area contributed by atoms with Crippen molar-refractivity contribution in [3.8, 4) is 0 Å². The first-order valence-corrected chi connectivity index (χ1v) is 6.43. The molecular weight excluding hydrogens is 212 g/mol. The molecular formula is C13H18N4. The third-order valence-electron chi connectivity index (χ3n) is 3.50. The van der Waals surface area contributed by atoms with Gasteiger partial charge >= 0.3 is 0 Å². The summed E-state index contributed by atoms with van der Waals surface area (Å²) in [5.41, 5.74) is 1.10. The maximum absolute atomic E-state index is 4.66. The molecule has 90 valence electrons. The fourth-order valence-corrected chi connectivity index (χ4v) is 2.57. The molecule has 4 nitrogen and oxygen atoms in total. The summed E-state index contributed by atoms with van der Waals surface area (Å²) in [6.07, 6.45) is 12.5. The van der Waals surface area contributed by atoms with E-state index in [4.69, 9.17) is 0 Å². The Morgan fingerprint density at radius 2 is 2.06 bits per heavy atom. The number of nitrogens with zero attached hydrogens (tertiary/aromatic N) is 4. The van der Waals surface area contributed by atoms with E-state index in [9.17, 15) is 0 Å². The lowest BCUT2D eigenvalue weighted by molar-refractivity contribution is 0.327. The summed E-state index contributed by atoms with van der Waals surface area (Å²) in [7, 11) is 0. The van der Waals surface area contributed by atoms with Gasteiger partial charge in [0.1, 0.15) is 0 Å². The molecule has 17 heavy (non-hydrogen) atoms. The van der Waals surface area contributed by atoms with Gasteiger partial charge in [-0.1, -0.05) is 19.3 Å². The highest BCUT2D eigenvalue weighted by atomic mass is 15.3. The molecule has 1 aliphatic carbocycles. The molecule has 0 N–H and O–H groups in total. The lowest BCUT2D eigenvalue weighted by Gasteiger charge is -2.21. The van der Waals surface area contributed by atoms with Crippen LogP contribution in [-0.4, -0.2) is 19.6 Å². The van der Waals surface area contributed by atoms with Crippen LogP contribution >= 0.6 is 0 Å². The average Bonchev–Trinajstić information content (AvgIpc) is 3.02. The van der Waals surface area contributed by atoms with E-state index in [2.05, 4.69) is 27.1 Å². The summed E-state index contributed by atoms with van der Waals surface area (Å²) in [5, 5.41) is 8.87. The summed E-state index contributed by atoms with van der Waals surface area (Å²) in [4.78, 5) is 0. The molecule has 2 aromatic rings. The molecule has 0 saturated heterocycles. The Hall–Kier alpha value is -1.58. The molecule has 1 aliphatic rings. The van der Waals surface area contributed by atoms with Gasteiger partial charge in [0.25, 0.3) is 0 Å². The van der Waals surface area contributed by atoms with Crippen LogP contribution in [0.2, 0.25) is 0 Å². The van der Waals surface area contributed by atoms with Crippen molar-refractivity contribution in [2.45, 2.75) is 44.7 Å². The molecule has 0 spiro atoms. The molecule has 0 unspecified atom stereocenters. The Balaban J connectivity index is 1.69. The predicted molar refractivity (Wildman–Crippen MR) is 65.7 cm³/mol. The topological polar surface area (TPSA) is 35.6 Å². The van der Waals surface area contributed by atoms with Crippen molar-refractivity contribution in [3.63, 3.8) is 0 Å². The van der Waals surface area contributed by atoms with Gasteiger partial charge in [-0.2, -0.15) is 10.2 Å². The lowest BCUT2D eigenvalue weighted by atomic mass is 9.96. The van der Waals surface area contributed by atoms with Crippen LogP contribution in [-0.2, 0) is 6.54 Å². The molecule has 1 saturated carbocycles. The largest absolute Gasteiger partial charge is 0.269 e. The van der Waals surface area contributed by atoms with Crippen molar-refractivity contribution >= 4 is 0 Å². The highest BCUT2D eigenvalue weighted by Crippen LogP contribution is 2.27. The normalized spacial score (nSPS) is 17.4. The standard InChI is InChI=1S/C13H18N4/c1-2-5-13(6-3-1)17-10-7-12(15-17)11-16-9-4-8-14-16/h4,7-10,13H,1-3,5-6,11H2. The fraction of sp³-hybridized carbons (Fsp3) is 0.538. The quantitative estimate of drug-likeness (QED) is 0.812. The smallest absolute Gasteiger partial charge is 0.0849 e. The Labute approximate surface area is 101 Å². The van der Waals surface area contributed by atoms with Gasteiger partial charge in [0, 0.05) is 18.6 Å². The summed E-state index contributed by atoms with van der Waals surface area (Å²) in [6, 6.07) is 4.67. The first kappa shape index (κ1) is 10.6. The van der Waals surface area contributed by atoms with Crippen LogP contribution in [0.25, 0.3) is 0 Å². The number of hydrogen-bond donors (Lipinski definition) is 0. The highest BCUT2D eigenvalue weighted by Gasteiger charge is 2.15. The van der Waals surface area contributed by atoms with Crippen LogP contribution in [0.4, 0.5) is 0 Å². The Morgan fingerprint density at radius 1 is 1.18 bits per heavy atom. The molecule has 0 atom stereocenters. The van der Waals surface area contributed by atoms with Gasteiger partial charge in [-0.3, -0.25) is 9.36 Å². The molecule has 3 rings (SSSR count). The minimum atomic E-state index is 0.620. The van der Waals surface area contributed by atoms with Crippen molar-refractivity contribution in [1.82, 2.24) is 19.6 Å². The van der Waals surface area contributed by atoms with Gasteiger partial charge in [-0.05, 0) is 25.0 Å². The van der Waals surface area contributed by atoms with Gasteiger partial charge in [0.2, 0.25) is 0 Å². The summed E-state index contributed by atoms with van der Waals surface area (Å²) >= 11 is 0. The van der Waals surface area contributed by atoms with Crippen molar-refractivity contribution in [3.05, 3.63) is 36.4 Å². The van der Waals surface area contributed by atoms with Crippen LogP contribution < -0.4 is 0 Å². The molecule has 0 aromatic carbocycles. The molecule has 0 aliphatic heterocycles. The van der Waals surface area contributed by atoms with E-state index in [0.29, 0.717) is 6.04 Å². The SMILES string of the molecule is c1cnn(Cc2ccn(C3CCCCC3)n2)c1. The van der Waals surface area contributed by atoms with E-state index < -0.39 is 0 Å². The number of hydrogen-bond acceptors (Lipinski definition) is 2. The van der Waals surface area contributed by atoms with Gasteiger partial charge < -0.3 is 0 Å². The lowest BCUT2D eigenvalue weighted by Crippen LogP contribution is -2.13. The van der Waals surface area contributed by atoms with Crippen LogP contribution in [0.15, 0.2) is 30.7 Å². The molecule has 2 heterocycles.